The monoisotopic (exact) mass is 347 g/mol. The molecule has 0 saturated carbocycles. The molecule has 2 atom stereocenters. The van der Waals surface area contributed by atoms with Crippen molar-refractivity contribution >= 4 is 6.03 Å². The van der Waals surface area contributed by atoms with Crippen molar-refractivity contribution in [3.05, 3.63) is 35.4 Å². The van der Waals surface area contributed by atoms with Crippen molar-refractivity contribution in [1.29, 1.82) is 0 Å². The van der Waals surface area contributed by atoms with Crippen molar-refractivity contribution < 1.29 is 14.3 Å². The highest BCUT2D eigenvalue weighted by molar-refractivity contribution is 5.73. The van der Waals surface area contributed by atoms with Crippen molar-refractivity contribution in [3.8, 4) is 0 Å². The molecule has 6 heteroatoms. The lowest BCUT2D eigenvalue weighted by Gasteiger charge is -2.31. The second-order valence-corrected chi connectivity index (χ2v) is 6.94. The number of hydrogen-bond acceptors (Lipinski definition) is 4. The van der Waals surface area contributed by atoms with Crippen LogP contribution >= 0.6 is 0 Å². The van der Waals surface area contributed by atoms with Crippen LogP contribution in [-0.2, 0) is 22.6 Å². The molecule has 0 aliphatic carbocycles. The van der Waals surface area contributed by atoms with E-state index in [0.29, 0.717) is 19.2 Å². The summed E-state index contributed by atoms with van der Waals surface area (Å²) < 4.78 is 11.1. The Bertz CT molecular complexity index is 561. The molecule has 6 nitrogen and oxygen atoms in total. The van der Waals surface area contributed by atoms with Gasteiger partial charge in [0.25, 0.3) is 0 Å². The van der Waals surface area contributed by atoms with Crippen LogP contribution < -0.4 is 10.6 Å². The van der Waals surface area contributed by atoms with E-state index in [1.807, 2.05) is 6.07 Å². The van der Waals surface area contributed by atoms with Gasteiger partial charge in [-0.25, -0.2) is 4.79 Å². The van der Waals surface area contributed by atoms with Crippen LogP contribution in [0.5, 0.6) is 0 Å². The Hall–Kier alpha value is -1.63. The lowest BCUT2D eigenvalue weighted by Crippen LogP contribution is -2.40. The van der Waals surface area contributed by atoms with Crippen LogP contribution in [0.2, 0.25) is 0 Å². The minimum Gasteiger partial charge on any atom is -0.376 e. The minimum absolute atomic E-state index is 0.136. The van der Waals surface area contributed by atoms with Gasteiger partial charge in [-0.1, -0.05) is 24.3 Å². The Morgan fingerprint density at radius 2 is 2.12 bits per heavy atom. The van der Waals surface area contributed by atoms with Gasteiger partial charge in [0.1, 0.15) is 0 Å². The molecule has 3 rings (SSSR count). The molecule has 2 saturated heterocycles. The second-order valence-electron chi connectivity index (χ2n) is 6.94. The van der Waals surface area contributed by atoms with Crippen molar-refractivity contribution in [2.24, 2.45) is 0 Å². The molecular formula is C19H29N3O3. The molecule has 2 amide bonds. The molecular weight excluding hydrogens is 318 g/mol. The highest BCUT2D eigenvalue weighted by Crippen LogP contribution is 2.12. The summed E-state index contributed by atoms with van der Waals surface area (Å²) in [7, 11) is 0. The molecule has 2 aliphatic rings. The zero-order valence-corrected chi connectivity index (χ0v) is 15.0. The molecule has 0 spiro atoms. The highest BCUT2D eigenvalue weighted by atomic mass is 16.5. The third-order valence-corrected chi connectivity index (χ3v) is 4.69. The molecule has 1 aromatic rings. The fourth-order valence-corrected chi connectivity index (χ4v) is 3.39. The Labute approximate surface area is 149 Å². The maximum absolute atomic E-state index is 11.9. The average molecular weight is 347 g/mol. The predicted octanol–water partition coefficient (Wildman–Crippen LogP) is 1.89. The van der Waals surface area contributed by atoms with Crippen LogP contribution in [0.15, 0.2) is 24.3 Å². The van der Waals surface area contributed by atoms with E-state index in [0.717, 1.165) is 51.3 Å². The number of ether oxygens (including phenoxy) is 2. The normalized spacial score (nSPS) is 24.2. The number of benzene rings is 1. The molecule has 1 aromatic carbocycles. The fourth-order valence-electron chi connectivity index (χ4n) is 3.39. The third kappa shape index (κ3) is 5.99. The zero-order chi connectivity index (χ0) is 17.5. The number of rotatable bonds is 6. The number of carbonyl (C=O) groups is 1. The lowest BCUT2D eigenvalue weighted by atomic mass is 10.1. The van der Waals surface area contributed by atoms with E-state index < -0.39 is 0 Å². The Kier molecular flexibility index (Phi) is 6.67. The van der Waals surface area contributed by atoms with Gasteiger partial charge in [-0.15, -0.1) is 0 Å². The van der Waals surface area contributed by atoms with Gasteiger partial charge in [0.2, 0.25) is 0 Å². The molecule has 0 bridgehead atoms. The Morgan fingerprint density at radius 3 is 2.92 bits per heavy atom. The summed E-state index contributed by atoms with van der Waals surface area (Å²) in [5.74, 6) is 0. The first kappa shape index (κ1) is 18.2. The minimum atomic E-state index is -0.136. The van der Waals surface area contributed by atoms with E-state index >= 15 is 0 Å². The molecule has 2 N–H and O–H groups in total. The Balaban J connectivity index is 1.42. The molecule has 25 heavy (non-hydrogen) atoms. The standard InChI is InChI=1S/C19H29N3O3/c1-15-13-22(7-9-24-15)14-17-5-2-4-16(10-17)11-20-19(23)21-12-18-6-3-8-25-18/h2,4-5,10,15,18H,3,6-9,11-14H2,1H3,(H2,20,21,23). The van der Waals surface area contributed by atoms with Crippen LogP contribution in [0, 0.1) is 0 Å². The van der Waals surface area contributed by atoms with Gasteiger partial charge in [0.15, 0.2) is 0 Å². The SMILES string of the molecule is CC1CN(Cc2cccc(CNC(=O)NCC3CCCO3)c2)CCO1. The van der Waals surface area contributed by atoms with E-state index in [4.69, 9.17) is 9.47 Å². The van der Waals surface area contributed by atoms with Crippen LogP contribution in [0.4, 0.5) is 4.79 Å². The van der Waals surface area contributed by atoms with Gasteiger partial charge in [-0.2, -0.15) is 0 Å². The topological polar surface area (TPSA) is 62.8 Å². The maximum atomic E-state index is 11.9. The van der Waals surface area contributed by atoms with Crippen molar-refractivity contribution in [3.63, 3.8) is 0 Å². The highest BCUT2D eigenvalue weighted by Gasteiger charge is 2.17. The molecule has 2 aliphatic heterocycles. The van der Waals surface area contributed by atoms with Gasteiger partial charge in [0, 0.05) is 39.3 Å². The van der Waals surface area contributed by atoms with Crippen molar-refractivity contribution in [2.75, 3.05) is 32.8 Å². The van der Waals surface area contributed by atoms with E-state index in [2.05, 4.69) is 40.7 Å². The molecule has 0 aromatic heterocycles. The van der Waals surface area contributed by atoms with Gasteiger partial charge in [0.05, 0.1) is 18.8 Å². The summed E-state index contributed by atoms with van der Waals surface area (Å²) in [6.07, 6.45) is 2.58. The zero-order valence-electron chi connectivity index (χ0n) is 15.0. The van der Waals surface area contributed by atoms with Crippen LogP contribution in [-0.4, -0.2) is 56.0 Å². The molecule has 2 heterocycles. The largest absolute Gasteiger partial charge is 0.376 e. The first-order valence-corrected chi connectivity index (χ1v) is 9.24. The van der Waals surface area contributed by atoms with Crippen LogP contribution in [0.25, 0.3) is 0 Å². The summed E-state index contributed by atoms with van der Waals surface area (Å²) in [5.41, 5.74) is 2.39. The molecule has 0 radical (unpaired) electrons. The van der Waals surface area contributed by atoms with Gasteiger partial charge >= 0.3 is 6.03 Å². The molecule has 138 valence electrons. The van der Waals surface area contributed by atoms with E-state index in [1.165, 1.54) is 5.56 Å². The first-order chi connectivity index (χ1) is 12.2. The van der Waals surface area contributed by atoms with Crippen molar-refractivity contribution in [2.45, 2.75) is 45.1 Å². The quantitative estimate of drug-likeness (QED) is 0.825. The number of hydrogen-bond donors (Lipinski definition) is 2. The van der Waals surface area contributed by atoms with E-state index in [9.17, 15) is 4.79 Å². The maximum Gasteiger partial charge on any atom is 0.315 e. The summed E-state index contributed by atoms with van der Waals surface area (Å²) >= 11 is 0. The summed E-state index contributed by atoms with van der Waals surface area (Å²) in [6, 6.07) is 8.27. The predicted molar refractivity (Wildman–Crippen MR) is 96.3 cm³/mol. The van der Waals surface area contributed by atoms with E-state index in [1.54, 1.807) is 0 Å². The summed E-state index contributed by atoms with van der Waals surface area (Å²) in [5, 5.41) is 5.80. The number of amides is 2. The number of carbonyl (C=O) groups excluding carboxylic acids is 1. The molecule has 2 fully saturated rings. The first-order valence-electron chi connectivity index (χ1n) is 9.24. The fraction of sp³-hybridized carbons (Fsp3) is 0.632. The smallest absolute Gasteiger partial charge is 0.315 e. The number of morpholine rings is 1. The summed E-state index contributed by atoms with van der Waals surface area (Å²) in [6.45, 7) is 7.70. The van der Waals surface area contributed by atoms with Crippen LogP contribution in [0.1, 0.15) is 30.9 Å². The second kappa shape index (κ2) is 9.17. The average Bonchev–Trinajstić information content (AvgIpc) is 3.12. The summed E-state index contributed by atoms with van der Waals surface area (Å²) in [4.78, 5) is 14.3. The number of nitrogens with zero attached hydrogens (tertiary/aromatic N) is 1. The van der Waals surface area contributed by atoms with Gasteiger partial charge in [-0.05, 0) is 30.9 Å². The Morgan fingerprint density at radius 1 is 1.24 bits per heavy atom. The van der Waals surface area contributed by atoms with E-state index in [-0.39, 0.29) is 12.1 Å². The van der Waals surface area contributed by atoms with Crippen LogP contribution in [0.3, 0.4) is 0 Å². The molecule has 2 unspecified atom stereocenters. The number of urea groups is 1. The van der Waals surface area contributed by atoms with Crippen molar-refractivity contribution in [1.82, 2.24) is 15.5 Å². The van der Waals surface area contributed by atoms with Gasteiger partial charge < -0.3 is 20.1 Å². The number of nitrogens with one attached hydrogen (secondary N) is 2. The lowest BCUT2D eigenvalue weighted by molar-refractivity contribution is -0.0212. The van der Waals surface area contributed by atoms with Gasteiger partial charge in [-0.3, -0.25) is 4.90 Å². The third-order valence-electron chi connectivity index (χ3n) is 4.69.